The second-order valence-electron chi connectivity index (χ2n) is 8.88. The molecule has 0 saturated carbocycles. The van der Waals surface area contributed by atoms with Gasteiger partial charge in [0, 0.05) is 51.4 Å². The van der Waals surface area contributed by atoms with Crippen LogP contribution in [0.1, 0.15) is 36.5 Å². The van der Waals surface area contributed by atoms with E-state index in [2.05, 4.69) is 15.9 Å². The number of carbonyl (C=O) groups is 1. The number of nitriles is 1. The summed E-state index contributed by atoms with van der Waals surface area (Å²) in [5.41, 5.74) is 1.05. The van der Waals surface area contributed by atoms with Crippen molar-refractivity contribution in [3.8, 4) is 6.07 Å². The number of aliphatic hydroxyl groups is 1. The Balaban J connectivity index is 1.74. The van der Waals surface area contributed by atoms with Gasteiger partial charge in [0.1, 0.15) is 21.8 Å². The highest BCUT2D eigenvalue weighted by molar-refractivity contribution is 8.26. The summed E-state index contributed by atoms with van der Waals surface area (Å²) >= 11 is 6.77. The molecule has 1 N–H and O–H groups in total. The van der Waals surface area contributed by atoms with Gasteiger partial charge in [0.25, 0.3) is 11.5 Å². The summed E-state index contributed by atoms with van der Waals surface area (Å²) in [7, 11) is 0. The van der Waals surface area contributed by atoms with Gasteiger partial charge in [-0.15, -0.1) is 0 Å². The minimum absolute atomic E-state index is 0.00319. The second kappa shape index (κ2) is 11.2. The number of amides is 1. The number of pyridine rings is 1. The van der Waals surface area contributed by atoms with Crippen molar-refractivity contribution < 1.29 is 14.6 Å². The van der Waals surface area contributed by atoms with Crippen molar-refractivity contribution in [3.05, 3.63) is 31.9 Å². The van der Waals surface area contributed by atoms with Crippen LogP contribution >= 0.6 is 24.0 Å². The number of thiocarbonyl (C=S) groups is 1. The predicted molar refractivity (Wildman–Crippen MR) is 140 cm³/mol. The lowest BCUT2D eigenvalue weighted by Crippen LogP contribution is -2.49. The third kappa shape index (κ3) is 5.17. The fraction of sp³-hybridized carbons (Fsp3) is 0.583. The number of aromatic nitrogens is 1. The van der Waals surface area contributed by atoms with Crippen LogP contribution in [0.3, 0.4) is 0 Å². The summed E-state index contributed by atoms with van der Waals surface area (Å²) in [4.78, 5) is 32.9. The SMILES string of the molecule is CCn1c(N2CCN(CCO)CC2)c(C=C2SC(=S)N(CC3CCCO3)C2=O)c(C)c(C#N)c1=O. The molecule has 0 bridgehead atoms. The molecule has 3 saturated heterocycles. The molecule has 3 aliphatic rings. The third-order valence-corrected chi connectivity index (χ3v) is 8.19. The number of hydrogen-bond acceptors (Lipinski definition) is 9. The lowest BCUT2D eigenvalue weighted by molar-refractivity contribution is -0.123. The maximum absolute atomic E-state index is 13.3. The minimum atomic E-state index is -0.316. The van der Waals surface area contributed by atoms with E-state index in [4.69, 9.17) is 17.0 Å². The van der Waals surface area contributed by atoms with Crippen molar-refractivity contribution in [2.45, 2.75) is 39.3 Å². The highest BCUT2D eigenvalue weighted by Gasteiger charge is 2.35. The van der Waals surface area contributed by atoms with Gasteiger partial charge in [-0.05, 0) is 38.3 Å². The number of aliphatic hydroxyl groups excluding tert-OH is 1. The molecule has 9 nitrogen and oxygen atoms in total. The van der Waals surface area contributed by atoms with E-state index in [9.17, 15) is 20.0 Å². The van der Waals surface area contributed by atoms with Crippen LogP contribution in [-0.4, -0.2) is 88.3 Å². The Morgan fingerprint density at radius 1 is 1.29 bits per heavy atom. The fourth-order valence-electron chi connectivity index (χ4n) is 4.88. The maximum Gasteiger partial charge on any atom is 0.270 e. The van der Waals surface area contributed by atoms with E-state index in [1.54, 1.807) is 22.5 Å². The van der Waals surface area contributed by atoms with Gasteiger partial charge in [-0.2, -0.15) is 5.26 Å². The number of ether oxygens (including phenoxy) is 1. The number of nitrogens with zero attached hydrogens (tertiary/aromatic N) is 5. The van der Waals surface area contributed by atoms with E-state index in [0.717, 1.165) is 31.7 Å². The topological polar surface area (TPSA) is 102 Å². The van der Waals surface area contributed by atoms with E-state index in [0.29, 0.717) is 59.7 Å². The number of β-amino-alcohol motifs (C(OH)–C–C–N with tert-alkyl or cyclic N) is 1. The molecular weight excluding hydrogens is 486 g/mol. The Bertz CT molecular complexity index is 1130. The van der Waals surface area contributed by atoms with Crippen LogP contribution in [0.15, 0.2) is 9.70 Å². The first-order chi connectivity index (χ1) is 16.9. The van der Waals surface area contributed by atoms with Crippen LogP contribution in [0.2, 0.25) is 0 Å². The summed E-state index contributed by atoms with van der Waals surface area (Å²) in [5.74, 6) is 0.559. The molecule has 0 radical (unpaired) electrons. The molecule has 1 aromatic rings. The van der Waals surface area contributed by atoms with Gasteiger partial charge in [-0.25, -0.2) is 0 Å². The van der Waals surface area contributed by atoms with Crippen molar-refractivity contribution in [2.75, 3.05) is 57.4 Å². The average molecular weight is 518 g/mol. The quantitative estimate of drug-likeness (QED) is 0.426. The summed E-state index contributed by atoms with van der Waals surface area (Å²) < 4.78 is 7.83. The number of piperazine rings is 1. The number of hydrogen-bond donors (Lipinski definition) is 1. The summed E-state index contributed by atoms with van der Waals surface area (Å²) in [6.45, 7) is 8.77. The maximum atomic E-state index is 13.3. The largest absolute Gasteiger partial charge is 0.395 e. The first-order valence-electron chi connectivity index (χ1n) is 12.0. The molecular formula is C24H31N5O4S2. The summed E-state index contributed by atoms with van der Waals surface area (Å²) in [6, 6.07) is 2.07. The molecule has 1 aromatic heterocycles. The van der Waals surface area contributed by atoms with E-state index in [1.807, 2.05) is 6.92 Å². The van der Waals surface area contributed by atoms with Crippen LogP contribution in [0.25, 0.3) is 6.08 Å². The highest BCUT2D eigenvalue weighted by Crippen LogP contribution is 2.36. The molecule has 1 atom stereocenters. The van der Waals surface area contributed by atoms with Gasteiger partial charge in [-0.1, -0.05) is 24.0 Å². The van der Waals surface area contributed by atoms with Crippen LogP contribution in [0.5, 0.6) is 0 Å². The van der Waals surface area contributed by atoms with Crippen LogP contribution in [-0.2, 0) is 16.1 Å². The molecule has 1 amide bonds. The Labute approximate surface area is 214 Å². The van der Waals surface area contributed by atoms with E-state index < -0.39 is 0 Å². The Morgan fingerprint density at radius 2 is 2.03 bits per heavy atom. The van der Waals surface area contributed by atoms with Gasteiger partial charge >= 0.3 is 0 Å². The molecule has 3 fully saturated rings. The van der Waals surface area contributed by atoms with Crippen LogP contribution < -0.4 is 10.5 Å². The Hall–Kier alpha value is -2.23. The first-order valence-corrected chi connectivity index (χ1v) is 13.2. The molecule has 11 heteroatoms. The van der Waals surface area contributed by atoms with Crippen LogP contribution in [0, 0.1) is 18.3 Å². The summed E-state index contributed by atoms with van der Waals surface area (Å²) in [5, 5.41) is 19.0. The molecule has 0 aromatic carbocycles. The third-order valence-electron chi connectivity index (χ3n) is 6.81. The van der Waals surface area contributed by atoms with Crippen molar-refractivity contribution in [3.63, 3.8) is 0 Å². The van der Waals surface area contributed by atoms with Gasteiger partial charge < -0.3 is 14.7 Å². The zero-order chi connectivity index (χ0) is 25.1. The van der Waals surface area contributed by atoms with Crippen molar-refractivity contribution in [1.29, 1.82) is 5.26 Å². The van der Waals surface area contributed by atoms with Crippen LogP contribution in [0.4, 0.5) is 5.82 Å². The second-order valence-corrected chi connectivity index (χ2v) is 10.6. The molecule has 1 unspecified atom stereocenters. The lowest BCUT2D eigenvalue weighted by atomic mass is 10.0. The molecule has 3 aliphatic heterocycles. The number of thioether (sulfide) groups is 1. The molecule has 4 rings (SSSR count). The fourth-order valence-corrected chi connectivity index (χ4v) is 6.14. The molecule has 0 aliphatic carbocycles. The zero-order valence-corrected chi connectivity index (χ0v) is 21.8. The standard InChI is InChI=1S/C24H31N5O4S2/c1-3-28-21(27-8-6-26(7-9-27)10-11-30)18(16(2)19(14-25)22(28)31)13-20-23(32)29(24(34)35-20)15-17-5-4-12-33-17/h13,17,30H,3-12,15H2,1-2H3. The van der Waals surface area contributed by atoms with Gasteiger partial charge in [0.2, 0.25) is 0 Å². The van der Waals surface area contributed by atoms with Crippen molar-refractivity contribution >= 4 is 46.1 Å². The minimum Gasteiger partial charge on any atom is -0.395 e. The van der Waals surface area contributed by atoms with E-state index in [1.165, 1.54) is 11.8 Å². The van der Waals surface area contributed by atoms with E-state index >= 15 is 0 Å². The number of rotatable bonds is 7. The lowest BCUT2D eigenvalue weighted by Gasteiger charge is -2.37. The normalized spacial score (nSPS) is 22.5. The summed E-state index contributed by atoms with van der Waals surface area (Å²) in [6.07, 6.45) is 3.69. The highest BCUT2D eigenvalue weighted by atomic mass is 32.2. The first kappa shape index (κ1) is 25.9. The Morgan fingerprint density at radius 3 is 2.63 bits per heavy atom. The van der Waals surface area contributed by atoms with Crippen molar-refractivity contribution in [1.82, 2.24) is 14.4 Å². The predicted octanol–water partition coefficient (Wildman–Crippen LogP) is 1.54. The monoisotopic (exact) mass is 517 g/mol. The molecule has 4 heterocycles. The zero-order valence-electron chi connectivity index (χ0n) is 20.2. The van der Waals surface area contributed by atoms with Gasteiger partial charge in [0.15, 0.2) is 0 Å². The molecule has 0 spiro atoms. The molecule has 188 valence electrons. The number of anilines is 1. The number of carbonyl (C=O) groups excluding carboxylic acids is 1. The van der Waals surface area contributed by atoms with Gasteiger partial charge in [-0.3, -0.25) is 24.0 Å². The average Bonchev–Trinajstić information content (AvgIpc) is 3.46. The molecule has 35 heavy (non-hydrogen) atoms. The van der Waals surface area contributed by atoms with Gasteiger partial charge in [0.05, 0.1) is 24.2 Å². The smallest absolute Gasteiger partial charge is 0.270 e. The van der Waals surface area contributed by atoms with E-state index in [-0.39, 0.29) is 29.7 Å². The van der Waals surface area contributed by atoms with Crippen molar-refractivity contribution in [2.24, 2.45) is 0 Å². The Kier molecular flexibility index (Phi) is 8.29.